The molecule has 164 valence electrons. The van der Waals surface area contributed by atoms with Crippen molar-refractivity contribution in [2.75, 3.05) is 32.8 Å². The SMILES string of the molecule is Cc1cnccc1C(=O)N1Cc2ccccc2OC2(CCC(N3CCOCC3)CC2)C1. The first kappa shape index (κ1) is 20.5. The highest BCUT2D eigenvalue weighted by Gasteiger charge is 2.43. The lowest BCUT2D eigenvalue weighted by Gasteiger charge is -2.45. The Morgan fingerprint density at radius 2 is 1.90 bits per heavy atom. The van der Waals surface area contributed by atoms with Crippen LogP contribution in [0, 0.1) is 6.92 Å². The summed E-state index contributed by atoms with van der Waals surface area (Å²) in [5.41, 5.74) is 2.39. The maximum absolute atomic E-state index is 13.5. The molecule has 2 fully saturated rings. The Hall–Kier alpha value is -2.44. The summed E-state index contributed by atoms with van der Waals surface area (Å²) in [4.78, 5) is 22.3. The normalized spacial score (nSPS) is 26.7. The van der Waals surface area contributed by atoms with Crippen LogP contribution >= 0.6 is 0 Å². The van der Waals surface area contributed by atoms with Crippen LogP contribution < -0.4 is 4.74 Å². The van der Waals surface area contributed by atoms with Gasteiger partial charge in [-0.3, -0.25) is 14.7 Å². The quantitative estimate of drug-likeness (QED) is 0.744. The Morgan fingerprint density at radius 3 is 2.68 bits per heavy atom. The van der Waals surface area contributed by atoms with Gasteiger partial charge in [-0.05, 0) is 50.3 Å². The molecule has 1 amide bonds. The van der Waals surface area contributed by atoms with Gasteiger partial charge in [-0.2, -0.15) is 0 Å². The standard InChI is InChI=1S/C25H31N3O3/c1-19-16-26-11-8-22(19)24(29)28-17-20-4-2-3-5-23(20)31-25(18-28)9-6-21(7-10-25)27-12-14-30-15-13-27/h2-5,8,11,16,21H,6-7,9-10,12-15,17-18H2,1H3. The predicted molar refractivity (Wildman–Crippen MR) is 118 cm³/mol. The molecule has 6 heteroatoms. The van der Waals surface area contributed by atoms with Crippen LogP contribution in [-0.2, 0) is 11.3 Å². The molecule has 0 bridgehead atoms. The van der Waals surface area contributed by atoms with E-state index in [2.05, 4.69) is 22.0 Å². The molecule has 2 aliphatic heterocycles. The average Bonchev–Trinajstić information content (AvgIpc) is 2.97. The highest BCUT2D eigenvalue weighted by atomic mass is 16.5. The number of ether oxygens (including phenoxy) is 2. The predicted octanol–water partition coefficient (Wildman–Crippen LogP) is 3.44. The molecule has 3 heterocycles. The van der Waals surface area contributed by atoms with Gasteiger partial charge in [-0.1, -0.05) is 18.2 Å². The first-order valence-electron chi connectivity index (χ1n) is 11.4. The first-order chi connectivity index (χ1) is 15.1. The van der Waals surface area contributed by atoms with Crippen molar-refractivity contribution in [3.63, 3.8) is 0 Å². The van der Waals surface area contributed by atoms with Gasteiger partial charge in [0.25, 0.3) is 5.91 Å². The van der Waals surface area contributed by atoms with Crippen LogP contribution in [0.3, 0.4) is 0 Å². The number of aryl methyl sites for hydroxylation is 1. The van der Waals surface area contributed by atoms with Crippen LogP contribution in [0.25, 0.3) is 0 Å². The first-order valence-corrected chi connectivity index (χ1v) is 11.4. The lowest BCUT2D eigenvalue weighted by atomic mass is 9.80. The monoisotopic (exact) mass is 421 g/mol. The molecule has 5 rings (SSSR count). The lowest BCUT2D eigenvalue weighted by molar-refractivity contribution is -0.0362. The summed E-state index contributed by atoms with van der Waals surface area (Å²) in [6.07, 6.45) is 7.58. The van der Waals surface area contributed by atoms with E-state index in [9.17, 15) is 4.79 Å². The van der Waals surface area contributed by atoms with Gasteiger partial charge in [0, 0.05) is 49.2 Å². The Labute approximate surface area is 184 Å². The molecule has 1 aliphatic carbocycles. The van der Waals surface area contributed by atoms with E-state index in [0.29, 0.717) is 19.1 Å². The molecule has 0 atom stereocenters. The Morgan fingerprint density at radius 1 is 1.13 bits per heavy atom. The van der Waals surface area contributed by atoms with Crippen molar-refractivity contribution in [1.82, 2.24) is 14.8 Å². The minimum absolute atomic E-state index is 0.0647. The molecule has 1 aromatic carbocycles. The van der Waals surface area contributed by atoms with Gasteiger partial charge in [-0.25, -0.2) is 0 Å². The number of carbonyl (C=O) groups is 1. The number of carbonyl (C=O) groups excluding carboxylic acids is 1. The van der Waals surface area contributed by atoms with Crippen LogP contribution in [0.4, 0.5) is 0 Å². The number of hydrogen-bond donors (Lipinski definition) is 0. The molecular formula is C25H31N3O3. The number of aromatic nitrogens is 1. The van der Waals surface area contributed by atoms with Gasteiger partial charge >= 0.3 is 0 Å². The summed E-state index contributed by atoms with van der Waals surface area (Å²) in [6, 6.07) is 10.6. The highest BCUT2D eigenvalue weighted by molar-refractivity contribution is 5.95. The fourth-order valence-electron chi connectivity index (χ4n) is 5.33. The zero-order valence-electron chi connectivity index (χ0n) is 18.3. The van der Waals surface area contributed by atoms with Crippen molar-refractivity contribution in [2.45, 2.75) is 50.8 Å². The van der Waals surface area contributed by atoms with Crippen molar-refractivity contribution >= 4 is 5.91 Å². The van der Waals surface area contributed by atoms with E-state index in [1.165, 1.54) is 0 Å². The van der Waals surface area contributed by atoms with Crippen LogP contribution in [0.15, 0.2) is 42.7 Å². The summed E-state index contributed by atoms with van der Waals surface area (Å²) in [6.45, 7) is 6.86. The maximum Gasteiger partial charge on any atom is 0.254 e. The van der Waals surface area contributed by atoms with Crippen LogP contribution in [0.5, 0.6) is 5.75 Å². The van der Waals surface area contributed by atoms with Crippen molar-refractivity contribution in [1.29, 1.82) is 0 Å². The largest absolute Gasteiger partial charge is 0.485 e. The van der Waals surface area contributed by atoms with E-state index in [4.69, 9.17) is 9.47 Å². The zero-order valence-corrected chi connectivity index (χ0v) is 18.3. The molecule has 0 N–H and O–H groups in total. The number of nitrogens with zero attached hydrogens (tertiary/aromatic N) is 3. The molecule has 1 spiro atoms. The van der Waals surface area contributed by atoms with Gasteiger partial charge in [0.15, 0.2) is 0 Å². The summed E-state index contributed by atoms with van der Waals surface area (Å²) < 4.78 is 12.3. The average molecular weight is 422 g/mol. The smallest absolute Gasteiger partial charge is 0.254 e. The van der Waals surface area contributed by atoms with E-state index in [0.717, 1.165) is 74.4 Å². The third-order valence-corrected chi connectivity index (χ3v) is 7.11. The van der Waals surface area contributed by atoms with Gasteiger partial charge in [0.2, 0.25) is 0 Å². The minimum atomic E-state index is -0.327. The zero-order chi connectivity index (χ0) is 21.3. The summed E-state index contributed by atoms with van der Waals surface area (Å²) >= 11 is 0. The van der Waals surface area contributed by atoms with Crippen LogP contribution in [0.1, 0.15) is 47.2 Å². The van der Waals surface area contributed by atoms with Crippen LogP contribution in [-0.4, -0.2) is 65.2 Å². The number of amides is 1. The molecular weight excluding hydrogens is 390 g/mol. The molecule has 0 unspecified atom stereocenters. The fraction of sp³-hybridized carbons (Fsp3) is 0.520. The van der Waals surface area contributed by atoms with Gasteiger partial charge in [0.1, 0.15) is 11.4 Å². The number of hydrogen-bond acceptors (Lipinski definition) is 5. The van der Waals surface area contributed by atoms with Gasteiger partial charge in [0.05, 0.1) is 19.8 Å². The maximum atomic E-state index is 13.5. The third kappa shape index (κ3) is 4.19. The van der Waals surface area contributed by atoms with E-state index < -0.39 is 0 Å². The van der Waals surface area contributed by atoms with Crippen LogP contribution in [0.2, 0.25) is 0 Å². The number of fused-ring (bicyclic) bond motifs is 1. The van der Waals surface area contributed by atoms with E-state index in [1.54, 1.807) is 12.4 Å². The topological polar surface area (TPSA) is 54.9 Å². The fourth-order valence-corrected chi connectivity index (χ4v) is 5.33. The molecule has 1 saturated heterocycles. The molecule has 2 aromatic rings. The number of benzene rings is 1. The van der Waals surface area contributed by atoms with Gasteiger partial charge in [-0.15, -0.1) is 0 Å². The number of pyridine rings is 1. The number of para-hydroxylation sites is 1. The second-order valence-electron chi connectivity index (χ2n) is 9.12. The Kier molecular flexibility index (Phi) is 5.67. The van der Waals surface area contributed by atoms with Crippen molar-refractivity contribution in [3.8, 4) is 5.75 Å². The summed E-state index contributed by atoms with van der Waals surface area (Å²) in [7, 11) is 0. The number of rotatable bonds is 2. The molecule has 31 heavy (non-hydrogen) atoms. The Bertz CT molecular complexity index is 933. The van der Waals surface area contributed by atoms with Crippen molar-refractivity contribution in [2.24, 2.45) is 0 Å². The van der Waals surface area contributed by atoms with E-state index in [1.807, 2.05) is 30.0 Å². The minimum Gasteiger partial charge on any atom is -0.485 e. The molecule has 1 aromatic heterocycles. The van der Waals surface area contributed by atoms with E-state index >= 15 is 0 Å². The third-order valence-electron chi connectivity index (χ3n) is 7.11. The second kappa shape index (κ2) is 8.60. The van der Waals surface area contributed by atoms with E-state index in [-0.39, 0.29) is 11.5 Å². The van der Waals surface area contributed by atoms with Crippen molar-refractivity contribution in [3.05, 3.63) is 59.4 Å². The van der Waals surface area contributed by atoms with Gasteiger partial charge < -0.3 is 14.4 Å². The second-order valence-corrected chi connectivity index (χ2v) is 9.12. The highest BCUT2D eigenvalue weighted by Crippen LogP contribution is 2.40. The summed E-state index contributed by atoms with van der Waals surface area (Å²) in [5.74, 6) is 0.990. The summed E-state index contributed by atoms with van der Waals surface area (Å²) in [5, 5.41) is 0. The molecule has 0 radical (unpaired) electrons. The van der Waals surface area contributed by atoms with Crippen molar-refractivity contribution < 1.29 is 14.3 Å². The lowest BCUT2D eigenvalue weighted by Crippen LogP contribution is -2.53. The molecule has 1 saturated carbocycles. The Balaban J connectivity index is 1.40. The molecule has 3 aliphatic rings. The molecule has 6 nitrogen and oxygen atoms in total. The number of morpholine rings is 1.